The van der Waals surface area contributed by atoms with Crippen molar-refractivity contribution in [2.24, 2.45) is 0 Å². The molecule has 0 aromatic heterocycles. The minimum absolute atomic E-state index is 0.123. The van der Waals surface area contributed by atoms with Gasteiger partial charge < -0.3 is 9.64 Å². The van der Waals surface area contributed by atoms with E-state index in [0.717, 1.165) is 25.1 Å². The van der Waals surface area contributed by atoms with Crippen LogP contribution in [0.4, 0.5) is 0 Å². The SMILES string of the molecule is COC(=O)c1ccccc1CN1CCCN(C)C(=O)C1. The van der Waals surface area contributed by atoms with Crippen molar-refractivity contribution in [3.8, 4) is 0 Å². The molecule has 0 bridgehead atoms. The van der Waals surface area contributed by atoms with E-state index < -0.39 is 0 Å². The van der Waals surface area contributed by atoms with Crippen LogP contribution in [0, 0.1) is 0 Å². The highest BCUT2D eigenvalue weighted by Gasteiger charge is 2.20. The number of esters is 1. The molecule has 1 heterocycles. The molecular weight excluding hydrogens is 256 g/mol. The minimum atomic E-state index is -0.334. The number of hydrogen-bond acceptors (Lipinski definition) is 4. The van der Waals surface area contributed by atoms with Gasteiger partial charge in [0.25, 0.3) is 0 Å². The summed E-state index contributed by atoms with van der Waals surface area (Å²) in [5.41, 5.74) is 1.47. The number of carbonyl (C=O) groups excluding carboxylic acids is 2. The van der Waals surface area contributed by atoms with E-state index in [1.54, 1.807) is 11.0 Å². The maximum absolute atomic E-state index is 11.9. The Kier molecular flexibility index (Phi) is 4.74. The molecule has 0 radical (unpaired) electrons. The van der Waals surface area contributed by atoms with Crippen LogP contribution in [0.2, 0.25) is 0 Å². The average Bonchev–Trinajstić information content (AvgIpc) is 2.61. The summed E-state index contributed by atoms with van der Waals surface area (Å²) in [6.45, 7) is 2.62. The molecule has 0 spiro atoms. The molecule has 0 N–H and O–H groups in total. The molecule has 0 unspecified atom stereocenters. The molecular formula is C15H20N2O3. The number of benzene rings is 1. The zero-order chi connectivity index (χ0) is 14.5. The van der Waals surface area contributed by atoms with Crippen LogP contribution in [0.3, 0.4) is 0 Å². The van der Waals surface area contributed by atoms with Gasteiger partial charge in [0, 0.05) is 26.7 Å². The molecule has 0 saturated carbocycles. The molecule has 5 heteroatoms. The van der Waals surface area contributed by atoms with Crippen LogP contribution in [-0.2, 0) is 16.1 Å². The normalized spacial score (nSPS) is 16.9. The summed E-state index contributed by atoms with van der Waals surface area (Å²) in [5, 5.41) is 0. The van der Waals surface area contributed by atoms with Gasteiger partial charge in [0.15, 0.2) is 0 Å². The lowest BCUT2D eigenvalue weighted by atomic mass is 10.1. The topological polar surface area (TPSA) is 49.9 Å². The third-order valence-electron chi connectivity index (χ3n) is 3.57. The van der Waals surface area contributed by atoms with Crippen molar-refractivity contribution in [2.75, 3.05) is 33.8 Å². The van der Waals surface area contributed by atoms with E-state index in [9.17, 15) is 9.59 Å². The lowest BCUT2D eigenvalue weighted by Crippen LogP contribution is -2.34. The van der Waals surface area contributed by atoms with E-state index in [0.29, 0.717) is 18.7 Å². The van der Waals surface area contributed by atoms with Crippen molar-refractivity contribution in [2.45, 2.75) is 13.0 Å². The molecule has 1 aromatic rings. The second-order valence-corrected chi connectivity index (χ2v) is 5.03. The monoisotopic (exact) mass is 276 g/mol. The highest BCUT2D eigenvalue weighted by Crippen LogP contribution is 2.14. The fraction of sp³-hybridized carbons (Fsp3) is 0.467. The molecule has 1 aliphatic rings. The summed E-state index contributed by atoms with van der Waals surface area (Å²) < 4.78 is 4.80. The van der Waals surface area contributed by atoms with Crippen LogP contribution in [0.5, 0.6) is 0 Å². The maximum Gasteiger partial charge on any atom is 0.338 e. The summed E-state index contributed by atoms with van der Waals surface area (Å²) in [5.74, 6) is -0.211. The fourth-order valence-electron chi connectivity index (χ4n) is 2.39. The van der Waals surface area contributed by atoms with Gasteiger partial charge in [-0.2, -0.15) is 0 Å². The molecule has 1 fully saturated rings. The predicted octanol–water partition coefficient (Wildman–Crippen LogP) is 1.14. The van der Waals surface area contributed by atoms with Gasteiger partial charge in [-0.15, -0.1) is 0 Å². The van der Waals surface area contributed by atoms with Gasteiger partial charge in [-0.3, -0.25) is 9.69 Å². The van der Waals surface area contributed by atoms with E-state index in [2.05, 4.69) is 4.90 Å². The molecule has 20 heavy (non-hydrogen) atoms. The van der Waals surface area contributed by atoms with E-state index in [-0.39, 0.29) is 11.9 Å². The average molecular weight is 276 g/mol. The number of nitrogens with zero attached hydrogens (tertiary/aromatic N) is 2. The number of methoxy groups -OCH3 is 1. The third-order valence-corrected chi connectivity index (χ3v) is 3.57. The van der Waals surface area contributed by atoms with Gasteiger partial charge in [0.2, 0.25) is 5.91 Å². The van der Waals surface area contributed by atoms with Crippen LogP contribution in [0.1, 0.15) is 22.3 Å². The summed E-state index contributed by atoms with van der Waals surface area (Å²) in [7, 11) is 3.21. The van der Waals surface area contributed by atoms with Gasteiger partial charge in [-0.1, -0.05) is 18.2 Å². The van der Waals surface area contributed by atoms with Gasteiger partial charge >= 0.3 is 5.97 Å². The van der Waals surface area contributed by atoms with Gasteiger partial charge in [-0.05, 0) is 18.1 Å². The maximum atomic E-state index is 11.9. The van der Waals surface area contributed by atoms with Gasteiger partial charge in [-0.25, -0.2) is 4.79 Å². The summed E-state index contributed by atoms with van der Waals surface area (Å²) >= 11 is 0. The fourth-order valence-corrected chi connectivity index (χ4v) is 2.39. The Morgan fingerprint density at radius 1 is 1.30 bits per heavy atom. The number of hydrogen-bond donors (Lipinski definition) is 0. The van der Waals surface area contributed by atoms with Crippen LogP contribution in [0.15, 0.2) is 24.3 Å². The first-order valence-electron chi connectivity index (χ1n) is 6.74. The quantitative estimate of drug-likeness (QED) is 0.777. The molecule has 108 valence electrons. The van der Waals surface area contributed by atoms with E-state index in [1.165, 1.54) is 7.11 Å². The summed E-state index contributed by atoms with van der Waals surface area (Å²) in [4.78, 5) is 27.5. The Morgan fingerprint density at radius 3 is 2.80 bits per heavy atom. The molecule has 1 aliphatic heterocycles. The Morgan fingerprint density at radius 2 is 2.05 bits per heavy atom. The van der Waals surface area contributed by atoms with Crippen molar-refractivity contribution >= 4 is 11.9 Å². The van der Waals surface area contributed by atoms with Crippen molar-refractivity contribution in [3.63, 3.8) is 0 Å². The lowest BCUT2D eigenvalue weighted by molar-refractivity contribution is -0.130. The first-order chi connectivity index (χ1) is 9.61. The smallest absolute Gasteiger partial charge is 0.338 e. The van der Waals surface area contributed by atoms with Crippen molar-refractivity contribution in [3.05, 3.63) is 35.4 Å². The molecule has 0 aliphatic carbocycles. The van der Waals surface area contributed by atoms with Crippen LogP contribution in [0.25, 0.3) is 0 Å². The first kappa shape index (κ1) is 14.5. The number of ether oxygens (including phenoxy) is 1. The summed E-state index contributed by atoms with van der Waals surface area (Å²) in [6, 6.07) is 7.38. The molecule has 2 rings (SSSR count). The Hall–Kier alpha value is -1.88. The van der Waals surface area contributed by atoms with Crippen molar-refractivity contribution < 1.29 is 14.3 Å². The second kappa shape index (κ2) is 6.52. The molecule has 5 nitrogen and oxygen atoms in total. The number of amides is 1. The third kappa shape index (κ3) is 3.36. The van der Waals surface area contributed by atoms with Crippen molar-refractivity contribution in [1.29, 1.82) is 0 Å². The van der Waals surface area contributed by atoms with E-state index in [1.807, 2.05) is 25.2 Å². The van der Waals surface area contributed by atoms with E-state index in [4.69, 9.17) is 4.74 Å². The second-order valence-electron chi connectivity index (χ2n) is 5.03. The van der Waals surface area contributed by atoms with Gasteiger partial charge in [0.05, 0.1) is 19.2 Å². The Bertz CT molecular complexity index is 502. The first-order valence-corrected chi connectivity index (χ1v) is 6.74. The largest absolute Gasteiger partial charge is 0.465 e. The standard InChI is InChI=1S/C15H20N2O3/c1-16-8-5-9-17(11-14(16)18)10-12-6-3-4-7-13(12)15(19)20-2/h3-4,6-7H,5,8-11H2,1-2H3. The predicted molar refractivity (Wildman–Crippen MR) is 75.3 cm³/mol. The Balaban J connectivity index is 2.13. The number of rotatable bonds is 3. The Labute approximate surface area is 119 Å². The highest BCUT2D eigenvalue weighted by atomic mass is 16.5. The molecule has 1 saturated heterocycles. The summed E-state index contributed by atoms with van der Waals surface area (Å²) in [6.07, 6.45) is 0.947. The van der Waals surface area contributed by atoms with E-state index >= 15 is 0 Å². The van der Waals surface area contributed by atoms with Crippen LogP contribution >= 0.6 is 0 Å². The lowest BCUT2D eigenvalue weighted by Gasteiger charge is -2.20. The zero-order valence-electron chi connectivity index (χ0n) is 12.0. The minimum Gasteiger partial charge on any atom is -0.465 e. The number of carbonyl (C=O) groups is 2. The molecule has 1 amide bonds. The van der Waals surface area contributed by atoms with Crippen LogP contribution in [-0.4, -0.2) is 55.5 Å². The van der Waals surface area contributed by atoms with Crippen molar-refractivity contribution in [1.82, 2.24) is 9.80 Å². The molecule has 0 atom stereocenters. The number of likely N-dealkylation sites (N-methyl/N-ethyl adjacent to an activating group) is 1. The highest BCUT2D eigenvalue weighted by molar-refractivity contribution is 5.91. The molecule has 1 aromatic carbocycles. The zero-order valence-corrected chi connectivity index (χ0v) is 12.0. The van der Waals surface area contributed by atoms with Gasteiger partial charge in [0.1, 0.15) is 0 Å². The van der Waals surface area contributed by atoms with Crippen LogP contribution < -0.4 is 0 Å².